The van der Waals surface area contributed by atoms with Crippen LogP contribution in [0.2, 0.25) is 5.02 Å². The van der Waals surface area contributed by atoms with Crippen molar-refractivity contribution in [2.75, 3.05) is 5.32 Å². The van der Waals surface area contributed by atoms with Gasteiger partial charge in [-0.2, -0.15) is 0 Å². The van der Waals surface area contributed by atoms with Crippen LogP contribution in [0.25, 0.3) is 0 Å². The van der Waals surface area contributed by atoms with Gasteiger partial charge in [-0.05, 0) is 35.4 Å². The summed E-state index contributed by atoms with van der Waals surface area (Å²) in [7, 11) is 0. The zero-order chi connectivity index (χ0) is 16.5. The molecule has 120 valence electrons. The predicted octanol–water partition coefficient (Wildman–Crippen LogP) is 4.85. The Labute approximate surface area is 145 Å². The number of fused-ring (bicyclic) bond motifs is 1. The van der Waals surface area contributed by atoms with Crippen LogP contribution in [0.4, 0.5) is 5.69 Å². The van der Waals surface area contributed by atoms with Gasteiger partial charge in [-0.1, -0.05) is 60.1 Å². The molecule has 0 saturated carbocycles. The Bertz CT molecular complexity index is 867. The van der Waals surface area contributed by atoms with Gasteiger partial charge in [-0.15, -0.1) is 0 Å². The third-order valence-electron chi connectivity index (χ3n) is 4.34. The van der Waals surface area contributed by atoms with Crippen molar-refractivity contribution in [1.29, 1.82) is 0 Å². The van der Waals surface area contributed by atoms with Gasteiger partial charge in [-0.3, -0.25) is 5.32 Å². The molecule has 0 fully saturated rings. The molecule has 0 saturated heterocycles. The van der Waals surface area contributed by atoms with Crippen molar-refractivity contribution in [2.45, 2.75) is 12.2 Å². The predicted molar refractivity (Wildman–Crippen MR) is 97.3 cm³/mol. The number of hydrogen-bond acceptors (Lipinski definition) is 3. The molecule has 1 aliphatic heterocycles. The minimum atomic E-state index is -0.190. The van der Waals surface area contributed by atoms with Crippen LogP contribution in [0.3, 0.4) is 0 Å². The van der Waals surface area contributed by atoms with Crippen LogP contribution in [-0.2, 0) is 0 Å². The number of para-hydroxylation sites is 1. The molecule has 2 atom stereocenters. The molecular formula is C20H17ClN2O. The molecule has 1 heterocycles. The maximum absolute atomic E-state index is 10.2. The highest BCUT2D eigenvalue weighted by Crippen LogP contribution is 2.39. The van der Waals surface area contributed by atoms with Crippen LogP contribution in [0.15, 0.2) is 72.8 Å². The Morgan fingerprint density at radius 2 is 1.58 bits per heavy atom. The van der Waals surface area contributed by atoms with E-state index in [2.05, 4.69) is 22.8 Å². The van der Waals surface area contributed by atoms with E-state index >= 15 is 0 Å². The van der Waals surface area contributed by atoms with Crippen molar-refractivity contribution in [1.82, 2.24) is 5.32 Å². The molecule has 2 unspecified atom stereocenters. The first kappa shape index (κ1) is 15.1. The van der Waals surface area contributed by atoms with Crippen molar-refractivity contribution < 1.29 is 5.11 Å². The number of phenols is 1. The summed E-state index contributed by atoms with van der Waals surface area (Å²) in [5.74, 6) is 0.270. The first-order chi connectivity index (χ1) is 11.7. The summed E-state index contributed by atoms with van der Waals surface area (Å²) in [6.07, 6.45) is -0.190. The topological polar surface area (TPSA) is 44.3 Å². The quantitative estimate of drug-likeness (QED) is 0.627. The highest BCUT2D eigenvalue weighted by atomic mass is 35.5. The average molecular weight is 337 g/mol. The number of halogens is 1. The molecule has 0 radical (unpaired) electrons. The lowest BCUT2D eigenvalue weighted by molar-refractivity contribution is 0.442. The normalized spacial score (nSPS) is 19.4. The Morgan fingerprint density at radius 3 is 2.38 bits per heavy atom. The van der Waals surface area contributed by atoms with Gasteiger partial charge < -0.3 is 10.4 Å². The van der Waals surface area contributed by atoms with Crippen molar-refractivity contribution in [3.8, 4) is 5.75 Å². The molecule has 4 heteroatoms. The average Bonchev–Trinajstić information content (AvgIpc) is 2.62. The summed E-state index contributed by atoms with van der Waals surface area (Å²) in [5.41, 5.74) is 4.09. The van der Waals surface area contributed by atoms with Gasteiger partial charge in [0.2, 0.25) is 0 Å². The van der Waals surface area contributed by atoms with Crippen molar-refractivity contribution in [3.63, 3.8) is 0 Å². The molecule has 0 bridgehead atoms. The highest BCUT2D eigenvalue weighted by molar-refractivity contribution is 6.30. The van der Waals surface area contributed by atoms with Crippen LogP contribution in [-0.4, -0.2) is 5.11 Å². The maximum Gasteiger partial charge on any atom is 0.122 e. The van der Waals surface area contributed by atoms with E-state index < -0.39 is 0 Å². The Balaban J connectivity index is 1.81. The van der Waals surface area contributed by atoms with E-state index in [0.29, 0.717) is 5.02 Å². The van der Waals surface area contributed by atoms with Gasteiger partial charge >= 0.3 is 0 Å². The Morgan fingerprint density at radius 1 is 0.833 bits per heavy atom. The van der Waals surface area contributed by atoms with E-state index in [4.69, 9.17) is 11.6 Å². The van der Waals surface area contributed by atoms with E-state index in [1.807, 2.05) is 54.6 Å². The molecule has 3 nitrogen and oxygen atoms in total. The van der Waals surface area contributed by atoms with E-state index in [1.54, 1.807) is 6.07 Å². The summed E-state index contributed by atoms with van der Waals surface area (Å²) in [4.78, 5) is 0. The number of nitrogens with one attached hydrogen (secondary N) is 2. The third kappa shape index (κ3) is 2.73. The summed E-state index contributed by atoms with van der Waals surface area (Å²) in [6, 6.07) is 23.4. The lowest BCUT2D eigenvalue weighted by Crippen LogP contribution is -2.37. The zero-order valence-corrected chi connectivity index (χ0v) is 13.7. The molecule has 4 rings (SSSR count). The molecule has 3 aromatic rings. The van der Waals surface area contributed by atoms with Crippen molar-refractivity contribution >= 4 is 17.3 Å². The van der Waals surface area contributed by atoms with E-state index in [9.17, 15) is 5.11 Å². The summed E-state index contributed by atoms with van der Waals surface area (Å²) in [6.45, 7) is 0. The molecule has 0 aromatic heterocycles. The SMILES string of the molecule is Oc1ccccc1C1Nc2ccc(Cl)cc2C(c2ccccc2)N1. The van der Waals surface area contributed by atoms with Gasteiger partial charge in [0, 0.05) is 16.3 Å². The standard InChI is InChI=1S/C20H17ClN2O/c21-14-10-11-17-16(12-14)19(13-6-2-1-3-7-13)23-20(22-17)15-8-4-5-9-18(15)24/h1-12,19-20,22-24H. The number of benzene rings is 3. The first-order valence-corrected chi connectivity index (χ1v) is 8.25. The number of rotatable bonds is 2. The fourth-order valence-electron chi connectivity index (χ4n) is 3.18. The molecule has 3 N–H and O–H groups in total. The summed E-state index contributed by atoms with van der Waals surface area (Å²) in [5, 5.41) is 18.0. The maximum atomic E-state index is 10.2. The smallest absolute Gasteiger partial charge is 0.122 e. The van der Waals surface area contributed by atoms with Crippen LogP contribution in [0.1, 0.15) is 28.9 Å². The highest BCUT2D eigenvalue weighted by Gasteiger charge is 2.29. The monoisotopic (exact) mass is 336 g/mol. The van der Waals surface area contributed by atoms with Crippen molar-refractivity contribution in [3.05, 3.63) is 94.5 Å². The van der Waals surface area contributed by atoms with E-state index in [0.717, 1.165) is 22.4 Å². The number of aromatic hydroxyl groups is 1. The first-order valence-electron chi connectivity index (χ1n) is 7.87. The summed E-state index contributed by atoms with van der Waals surface area (Å²) < 4.78 is 0. The van der Waals surface area contributed by atoms with Gasteiger partial charge in [0.1, 0.15) is 11.9 Å². The van der Waals surface area contributed by atoms with Gasteiger partial charge in [0.15, 0.2) is 0 Å². The van der Waals surface area contributed by atoms with E-state index in [-0.39, 0.29) is 18.0 Å². The molecular weight excluding hydrogens is 320 g/mol. The second-order valence-corrected chi connectivity index (χ2v) is 6.31. The molecule has 0 spiro atoms. The molecule has 3 aromatic carbocycles. The minimum absolute atomic E-state index is 0.00856. The van der Waals surface area contributed by atoms with Gasteiger partial charge in [-0.25, -0.2) is 0 Å². The fraction of sp³-hybridized carbons (Fsp3) is 0.100. The number of phenolic OH excluding ortho intramolecular Hbond substituents is 1. The Kier molecular flexibility index (Phi) is 3.89. The second kappa shape index (κ2) is 6.19. The van der Waals surface area contributed by atoms with Crippen LogP contribution >= 0.6 is 11.6 Å². The largest absolute Gasteiger partial charge is 0.508 e. The van der Waals surface area contributed by atoms with Crippen LogP contribution in [0, 0.1) is 0 Å². The molecule has 0 aliphatic carbocycles. The minimum Gasteiger partial charge on any atom is -0.508 e. The second-order valence-electron chi connectivity index (χ2n) is 5.88. The zero-order valence-electron chi connectivity index (χ0n) is 12.9. The van der Waals surface area contributed by atoms with Gasteiger partial charge in [0.25, 0.3) is 0 Å². The van der Waals surface area contributed by atoms with Crippen LogP contribution < -0.4 is 10.6 Å². The summed E-state index contributed by atoms with van der Waals surface area (Å²) >= 11 is 6.21. The third-order valence-corrected chi connectivity index (χ3v) is 4.57. The lowest BCUT2D eigenvalue weighted by Gasteiger charge is -2.35. The van der Waals surface area contributed by atoms with E-state index in [1.165, 1.54) is 0 Å². The number of hydrogen-bond donors (Lipinski definition) is 3. The van der Waals surface area contributed by atoms with Crippen LogP contribution in [0.5, 0.6) is 5.75 Å². The fourth-order valence-corrected chi connectivity index (χ4v) is 3.36. The Hall–Kier alpha value is -2.49. The van der Waals surface area contributed by atoms with Crippen molar-refractivity contribution in [2.24, 2.45) is 0 Å². The number of anilines is 1. The lowest BCUT2D eigenvalue weighted by atomic mass is 9.93. The molecule has 0 amide bonds. The van der Waals surface area contributed by atoms with Gasteiger partial charge in [0.05, 0.1) is 6.04 Å². The molecule has 1 aliphatic rings. The molecule has 24 heavy (non-hydrogen) atoms.